The van der Waals surface area contributed by atoms with Crippen LogP contribution in [-0.4, -0.2) is 12.0 Å². The van der Waals surface area contributed by atoms with Gasteiger partial charge in [0.15, 0.2) is 0 Å². The zero-order valence-electron chi connectivity index (χ0n) is 10.1. The average molecular weight is 305 g/mol. The SMILES string of the molecule is CO[n+]1cccc2cc([N+](=O)[O-])ccc21.[O-][Cl+3]([O-])([O-])[O-]. The molecule has 9 nitrogen and oxygen atoms in total. The normalized spacial score (nSPS) is 10.7. The number of fused-ring (bicyclic) bond motifs is 1. The predicted octanol–water partition coefficient (Wildman–Crippen LogP) is -3.66. The number of rotatable bonds is 2. The van der Waals surface area contributed by atoms with Crippen molar-refractivity contribution >= 4 is 16.6 Å². The molecule has 0 N–H and O–H groups in total. The number of aromatic nitrogens is 1. The molecule has 10 heteroatoms. The summed E-state index contributed by atoms with van der Waals surface area (Å²) in [4.78, 5) is 15.2. The molecule has 1 heterocycles. The Balaban J connectivity index is 0.000000347. The van der Waals surface area contributed by atoms with E-state index in [9.17, 15) is 10.1 Å². The second-order valence-corrected chi connectivity index (χ2v) is 4.15. The van der Waals surface area contributed by atoms with Crippen LogP contribution in [0.4, 0.5) is 5.69 Å². The Morgan fingerprint density at radius 2 is 1.80 bits per heavy atom. The Morgan fingerprint density at radius 1 is 1.20 bits per heavy atom. The van der Waals surface area contributed by atoms with E-state index in [0.717, 1.165) is 10.9 Å². The van der Waals surface area contributed by atoms with Gasteiger partial charge >= 0.3 is 0 Å². The maximum absolute atomic E-state index is 10.6. The summed E-state index contributed by atoms with van der Waals surface area (Å²) in [5.41, 5.74) is 0.877. The lowest BCUT2D eigenvalue weighted by Gasteiger charge is -2.17. The highest BCUT2D eigenvalue weighted by molar-refractivity contribution is 5.77. The molecule has 0 unspecified atom stereocenters. The average Bonchev–Trinajstić information content (AvgIpc) is 2.35. The molecule has 0 spiro atoms. The number of benzene rings is 1. The fraction of sp³-hybridized carbons (Fsp3) is 0.100. The van der Waals surface area contributed by atoms with E-state index in [4.69, 9.17) is 23.5 Å². The molecule has 1 aromatic heterocycles. The fourth-order valence-electron chi connectivity index (χ4n) is 1.45. The van der Waals surface area contributed by atoms with Gasteiger partial charge in [0.2, 0.25) is 6.20 Å². The third kappa shape index (κ3) is 4.91. The first-order valence-corrected chi connectivity index (χ1v) is 6.21. The van der Waals surface area contributed by atoms with Crippen LogP contribution >= 0.6 is 0 Å². The van der Waals surface area contributed by atoms with E-state index < -0.39 is 15.2 Å². The van der Waals surface area contributed by atoms with E-state index in [2.05, 4.69) is 0 Å². The van der Waals surface area contributed by atoms with Gasteiger partial charge in [0.1, 0.15) is 7.11 Å². The van der Waals surface area contributed by atoms with Crippen molar-refractivity contribution in [3.63, 3.8) is 0 Å². The van der Waals surface area contributed by atoms with Gasteiger partial charge in [0.25, 0.3) is 11.2 Å². The van der Waals surface area contributed by atoms with Gasteiger partial charge < -0.3 is 0 Å². The highest BCUT2D eigenvalue weighted by atomic mass is 35.7. The van der Waals surface area contributed by atoms with Crippen molar-refractivity contribution in [1.82, 2.24) is 0 Å². The van der Waals surface area contributed by atoms with Crippen molar-refractivity contribution in [2.45, 2.75) is 0 Å². The van der Waals surface area contributed by atoms with Crippen LogP contribution in [0.5, 0.6) is 0 Å². The summed E-state index contributed by atoms with van der Waals surface area (Å²) in [7, 11) is -3.40. The maximum Gasteiger partial charge on any atom is 0.270 e. The molecule has 0 aliphatic heterocycles. The Bertz CT molecular complexity index is 608. The van der Waals surface area contributed by atoms with Crippen LogP contribution in [0.2, 0.25) is 0 Å². The molecule has 1 aromatic carbocycles. The molecule has 0 fully saturated rings. The Kier molecular flexibility index (Phi) is 5.13. The van der Waals surface area contributed by atoms with Crippen LogP contribution in [0.15, 0.2) is 36.5 Å². The van der Waals surface area contributed by atoms with E-state index in [1.165, 1.54) is 12.1 Å². The minimum atomic E-state index is -4.94. The van der Waals surface area contributed by atoms with E-state index in [0.29, 0.717) is 0 Å². The van der Waals surface area contributed by atoms with E-state index in [1.807, 2.05) is 0 Å². The summed E-state index contributed by atoms with van der Waals surface area (Å²) in [6, 6.07) is 8.22. The topological polar surface area (TPSA) is 148 Å². The van der Waals surface area contributed by atoms with Crippen LogP contribution in [-0.2, 0) is 0 Å². The van der Waals surface area contributed by atoms with Crippen molar-refractivity contribution in [3.8, 4) is 0 Å². The zero-order chi connectivity index (χ0) is 15.3. The lowest BCUT2D eigenvalue weighted by Crippen LogP contribution is -2.68. The molecule has 0 bridgehead atoms. The number of hydrogen-bond donors (Lipinski definition) is 0. The molecule has 0 atom stereocenters. The van der Waals surface area contributed by atoms with Gasteiger partial charge in [0, 0.05) is 29.0 Å². The monoisotopic (exact) mass is 304 g/mol. The van der Waals surface area contributed by atoms with Crippen LogP contribution in [0.1, 0.15) is 0 Å². The quantitative estimate of drug-likeness (QED) is 0.315. The second kappa shape index (κ2) is 6.41. The first kappa shape index (κ1) is 16.0. The standard InChI is InChI=1S/C10H9N2O3.ClHO4/c1-15-11-6-2-3-8-7-9(12(13)14)4-5-10(8)11;2-1(3,4)5/h2-7H,1H3;(H,2,3,4,5)/q+1;/p-1. The molecule has 2 rings (SSSR count). The molecular formula is C10H9ClN2O7. The van der Waals surface area contributed by atoms with Gasteiger partial charge in [-0.1, -0.05) is 0 Å². The first-order valence-electron chi connectivity index (χ1n) is 4.97. The smallest absolute Gasteiger partial charge is 0.270 e. The van der Waals surface area contributed by atoms with E-state index in [1.54, 1.807) is 36.2 Å². The molecule has 0 aliphatic carbocycles. The predicted molar refractivity (Wildman–Crippen MR) is 53.3 cm³/mol. The van der Waals surface area contributed by atoms with Gasteiger partial charge in [-0.3, -0.25) is 15.0 Å². The molecule has 0 amide bonds. The fourth-order valence-corrected chi connectivity index (χ4v) is 1.45. The highest BCUT2D eigenvalue weighted by Crippen LogP contribution is 2.17. The molecule has 20 heavy (non-hydrogen) atoms. The number of hydrogen-bond acceptors (Lipinski definition) is 7. The number of nitro groups is 1. The Labute approximate surface area is 114 Å². The van der Waals surface area contributed by atoms with Gasteiger partial charge in [-0.25, -0.2) is 18.6 Å². The van der Waals surface area contributed by atoms with Crippen molar-refractivity contribution in [2.75, 3.05) is 7.11 Å². The van der Waals surface area contributed by atoms with E-state index >= 15 is 0 Å². The third-order valence-corrected chi connectivity index (χ3v) is 2.15. The third-order valence-electron chi connectivity index (χ3n) is 2.15. The minimum Gasteiger partial charge on any atom is -0.274 e. The molecular weight excluding hydrogens is 296 g/mol. The van der Waals surface area contributed by atoms with Crippen molar-refractivity contribution in [1.29, 1.82) is 0 Å². The lowest BCUT2D eigenvalue weighted by atomic mass is 10.2. The number of nitrogens with zero attached hydrogens (tertiary/aromatic N) is 2. The van der Waals surface area contributed by atoms with Gasteiger partial charge in [-0.2, -0.15) is 0 Å². The minimum absolute atomic E-state index is 0.0800. The molecule has 0 saturated carbocycles. The summed E-state index contributed by atoms with van der Waals surface area (Å²) in [6.45, 7) is 0. The van der Waals surface area contributed by atoms with Crippen LogP contribution in [0.3, 0.4) is 0 Å². The number of non-ortho nitro benzene ring substituents is 1. The summed E-state index contributed by atoms with van der Waals surface area (Å²) < 4.78 is 35.5. The van der Waals surface area contributed by atoms with Crippen molar-refractivity contribution in [2.24, 2.45) is 0 Å². The second-order valence-electron chi connectivity index (χ2n) is 3.39. The molecule has 108 valence electrons. The molecule has 0 aliphatic rings. The summed E-state index contributed by atoms with van der Waals surface area (Å²) in [5.74, 6) is 0. The maximum atomic E-state index is 10.6. The highest BCUT2D eigenvalue weighted by Gasteiger charge is 2.13. The largest absolute Gasteiger partial charge is 0.274 e. The van der Waals surface area contributed by atoms with Crippen LogP contribution < -0.4 is 28.2 Å². The number of pyridine rings is 1. The molecule has 0 saturated heterocycles. The van der Waals surface area contributed by atoms with Gasteiger partial charge in [-0.05, 0) is 6.07 Å². The molecule has 0 radical (unpaired) electrons. The van der Waals surface area contributed by atoms with Crippen LogP contribution in [0, 0.1) is 20.4 Å². The first-order chi connectivity index (χ1) is 9.22. The van der Waals surface area contributed by atoms with Crippen LogP contribution in [0.25, 0.3) is 10.9 Å². The number of nitro benzene ring substituents is 1. The summed E-state index contributed by atoms with van der Waals surface area (Å²) >= 11 is 0. The number of halogens is 1. The van der Waals surface area contributed by atoms with Gasteiger partial charge in [-0.15, -0.1) is 10.2 Å². The lowest BCUT2D eigenvalue weighted by molar-refractivity contribution is -2.00. The van der Waals surface area contributed by atoms with Gasteiger partial charge in [0.05, 0.1) is 10.3 Å². The Morgan fingerprint density at radius 3 is 2.30 bits per heavy atom. The van der Waals surface area contributed by atoms with Crippen molar-refractivity contribution < 1.29 is 43.4 Å². The summed E-state index contributed by atoms with van der Waals surface area (Å²) in [6.07, 6.45) is 1.74. The zero-order valence-corrected chi connectivity index (χ0v) is 10.9. The van der Waals surface area contributed by atoms with Crippen molar-refractivity contribution in [3.05, 3.63) is 46.6 Å². The van der Waals surface area contributed by atoms with E-state index in [-0.39, 0.29) is 5.69 Å². The molecule has 2 aromatic rings. The Hall–Kier alpha value is -2.04. The summed E-state index contributed by atoms with van der Waals surface area (Å²) in [5, 5.41) is 11.3.